The molecule has 1 heterocycles. The Bertz CT molecular complexity index is 1000. The van der Waals surface area contributed by atoms with Gasteiger partial charge >= 0.3 is 0 Å². The molecule has 0 aliphatic heterocycles. The van der Waals surface area contributed by atoms with Crippen molar-refractivity contribution in [2.24, 2.45) is 5.92 Å². The van der Waals surface area contributed by atoms with E-state index in [0.29, 0.717) is 17.4 Å². The number of benzene rings is 2. The van der Waals surface area contributed by atoms with Crippen molar-refractivity contribution in [2.75, 3.05) is 0 Å². The van der Waals surface area contributed by atoms with Crippen LogP contribution in [0.4, 0.5) is 0 Å². The number of thioether (sulfide) groups is 1. The molecule has 3 aromatic rings. The van der Waals surface area contributed by atoms with Crippen LogP contribution in [0.25, 0.3) is 5.69 Å². The summed E-state index contributed by atoms with van der Waals surface area (Å²) in [6, 6.07) is 16.0. The van der Waals surface area contributed by atoms with Gasteiger partial charge in [0.25, 0.3) is 0 Å². The van der Waals surface area contributed by atoms with Gasteiger partial charge in [0.05, 0.1) is 12.2 Å². The predicted octanol–water partition coefficient (Wildman–Crippen LogP) is 4.94. The molecule has 0 saturated heterocycles. The minimum absolute atomic E-state index is 0.104. The SMILES string of the molecule is Cc1ccc(Cl)cc1-n1c(CNC(=O)C2CCC2)nnc1SCc1ccccc1. The number of halogens is 1. The predicted molar refractivity (Wildman–Crippen MR) is 116 cm³/mol. The lowest BCUT2D eigenvalue weighted by Crippen LogP contribution is -2.34. The highest BCUT2D eigenvalue weighted by atomic mass is 35.5. The number of carbonyl (C=O) groups excluding carboxylic acids is 1. The van der Waals surface area contributed by atoms with Crippen LogP contribution in [0.5, 0.6) is 0 Å². The van der Waals surface area contributed by atoms with Gasteiger partial charge in [-0.15, -0.1) is 10.2 Å². The Morgan fingerprint density at radius 2 is 2.00 bits per heavy atom. The molecule has 29 heavy (non-hydrogen) atoms. The number of hydrogen-bond acceptors (Lipinski definition) is 4. The van der Waals surface area contributed by atoms with Crippen molar-refractivity contribution in [3.63, 3.8) is 0 Å². The zero-order valence-corrected chi connectivity index (χ0v) is 17.8. The van der Waals surface area contributed by atoms with Crippen molar-refractivity contribution in [1.29, 1.82) is 0 Å². The summed E-state index contributed by atoms with van der Waals surface area (Å²) in [5.41, 5.74) is 3.22. The third-order valence-electron chi connectivity index (χ3n) is 5.22. The maximum absolute atomic E-state index is 12.3. The highest BCUT2D eigenvalue weighted by molar-refractivity contribution is 7.98. The van der Waals surface area contributed by atoms with Crippen LogP contribution >= 0.6 is 23.4 Å². The molecule has 1 aromatic heterocycles. The first kappa shape index (κ1) is 20.0. The number of aryl methyl sites for hydroxylation is 1. The summed E-state index contributed by atoms with van der Waals surface area (Å²) in [5, 5.41) is 13.3. The van der Waals surface area contributed by atoms with Crippen LogP contribution in [0.15, 0.2) is 53.7 Å². The van der Waals surface area contributed by atoms with Crippen LogP contribution in [0.3, 0.4) is 0 Å². The van der Waals surface area contributed by atoms with Gasteiger partial charge in [-0.3, -0.25) is 9.36 Å². The van der Waals surface area contributed by atoms with Crippen molar-refractivity contribution in [2.45, 2.75) is 43.6 Å². The Balaban J connectivity index is 1.61. The van der Waals surface area contributed by atoms with E-state index in [0.717, 1.165) is 41.4 Å². The van der Waals surface area contributed by atoms with Crippen LogP contribution in [-0.4, -0.2) is 20.7 Å². The van der Waals surface area contributed by atoms with Gasteiger partial charge in [-0.2, -0.15) is 0 Å². The second-order valence-electron chi connectivity index (χ2n) is 7.28. The number of carbonyl (C=O) groups is 1. The van der Waals surface area contributed by atoms with Crippen LogP contribution in [0.2, 0.25) is 5.02 Å². The minimum atomic E-state index is 0.104. The van der Waals surface area contributed by atoms with Crippen molar-refractivity contribution < 1.29 is 4.79 Å². The first-order chi connectivity index (χ1) is 14.1. The fourth-order valence-electron chi connectivity index (χ4n) is 3.28. The molecule has 1 N–H and O–H groups in total. The average molecular weight is 427 g/mol. The molecule has 0 radical (unpaired) electrons. The Hall–Kier alpha value is -2.31. The third kappa shape index (κ3) is 4.65. The summed E-state index contributed by atoms with van der Waals surface area (Å²) in [5.74, 6) is 1.74. The smallest absolute Gasteiger partial charge is 0.223 e. The topological polar surface area (TPSA) is 59.8 Å². The second-order valence-corrected chi connectivity index (χ2v) is 8.66. The van der Waals surface area contributed by atoms with Gasteiger partial charge < -0.3 is 5.32 Å². The molecule has 150 valence electrons. The Labute approximate surface area is 179 Å². The summed E-state index contributed by atoms with van der Waals surface area (Å²) in [6.45, 7) is 2.38. The molecule has 7 heteroatoms. The number of nitrogens with one attached hydrogen (secondary N) is 1. The van der Waals surface area contributed by atoms with Gasteiger partial charge in [-0.25, -0.2) is 0 Å². The maximum atomic E-state index is 12.3. The summed E-state index contributed by atoms with van der Waals surface area (Å²) in [6.07, 6.45) is 3.09. The molecule has 1 aliphatic rings. The standard InChI is InChI=1S/C22H23ClN4OS/c1-15-10-11-18(23)12-19(15)27-20(13-24-21(28)17-8-5-9-17)25-26-22(27)29-14-16-6-3-2-4-7-16/h2-4,6-7,10-12,17H,5,8-9,13-14H2,1H3,(H,24,28). The van der Waals surface area contributed by atoms with Gasteiger partial charge in [0, 0.05) is 16.7 Å². The van der Waals surface area contributed by atoms with E-state index in [1.165, 1.54) is 5.56 Å². The average Bonchev–Trinajstić information content (AvgIpc) is 3.09. The van der Waals surface area contributed by atoms with E-state index in [9.17, 15) is 4.79 Å². The monoisotopic (exact) mass is 426 g/mol. The number of hydrogen-bond donors (Lipinski definition) is 1. The molecule has 0 spiro atoms. The number of nitrogens with zero attached hydrogens (tertiary/aromatic N) is 3. The Kier molecular flexibility index (Phi) is 6.21. The molecular formula is C22H23ClN4OS. The van der Waals surface area contributed by atoms with E-state index >= 15 is 0 Å². The van der Waals surface area contributed by atoms with Crippen LogP contribution < -0.4 is 5.32 Å². The molecule has 0 atom stereocenters. The zero-order valence-electron chi connectivity index (χ0n) is 16.3. The Morgan fingerprint density at radius 3 is 2.72 bits per heavy atom. The lowest BCUT2D eigenvalue weighted by atomic mass is 9.85. The van der Waals surface area contributed by atoms with Gasteiger partial charge in [-0.1, -0.05) is 66.2 Å². The largest absolute Gasteiger partial charge is 0.349 e. The van der Waals surface area contributed by atoms with E-state index < -0.39 is 0 Å². The maximum Gasteiger partial charge on any atom is 0.223 e. The first-order valence-electron chi connectivity index (χ1n) is 9.77. The number of amides is 1. The lowest BCUT2D eigenvalue weighted by Gasteiger charge is -2.24. The molecule has 1 fully saturated rings. The molecule has 1 saturated carbocycles. The van der Waals surface area contributed by atoms with Crippen LogP contribution in [-0.2, 0) is 17.1 Å². The molecule has 4 rings (SSSR count). The highest BCUT2D eigenvalue weighted by Crippen LogP contribution is 2.29. The second kappa shape index (κ2) is 9.01. The van der Waals surface area contributed by atoms with Gasteiger partial charge in [0.15, 0.2) is 11.0 Å². The molecule has 1 aliphatic carbocycles. The van der Waals surface area contributed by atoms with E-state index in [1.54, 1.807) is 11.8 Å². The number of aromatic nitrogens is 3. The third-order valence-corrected chi connectivity index (χ3v) is 6.46. The molecule has 5 nitrogen and oxygen atoms in total. The van der Waals surface area contributed by atoms with Crippen molar-refractivity contribution in [3.8, 4) is 5.69 Å². The first-order valence-corrected chi connectivity index (χ1v) is 11.1. The lowest BCUT2D eigenvalue weighted by molar-refractivity contribution is -0.127. The highest BCUT2D eigenvalue weighted by Gasteiger charge is 2.25. The minimum Gasteiger partial charge on any atom is -0.349 e. The van der Waals surface area contributed by atoms with Crippen molar-refractivity contribution >= 4 is 29.3 Å². The fourth-order valence-corrected chi connectivity index (χ4v) is 4.36. The van der Waals surface area contributed by atoms with Gasteiger partial charge in [-0.05, 0) is 43.0 Å². The Morgan fingerprint density at radius 1 is 1.21 bits per heavy atom. The van der Waals surface area contributed by atoms with Crippen molar-refractivity contribution in [3.05, 3.63) is 70.5 Å². The zero-order chi connectivity index (χ0) is 20.2. The fraction of sp³-hybridized carbons (Fsp3) is 0.318. The van der Waals surface area contributed by atoms with E-state index in [4.69, 9.17) is 11.6 Å². The summed E-state index contributed by atoms with van der Waals surface area (Å²) < 4.78 is 2.01. The molecular weight excluding hydrogens is 404 g/mol. The molecule has 0 unspecified atom stereocenters. The summed E-state index contributed by atoms with van der Waals surface area (Å²) in [4.78, 5) is 12.3. The summed E-state index contributed by atoms with van der Waals surface area (Å²) >= 11 is 7.90. The van der Waals surface area contributed by atoms with Crippen molar-refractivity contribution in [1.82, 2.24) is 20.1 Å². The van der Waals surface area contributed by atoms with Crippen LogP contribution in [0.1, 0.15) is 36.2 Å². The van der Waals surface area contributed by atoms with Gasteiger partial charge in [0.1, 0.15) is 0 Å². The van der Waals surface area contributed by atoms with E-state index in [2.05, 4.69) is 27.6 Å². The van der Waals surface area contributed by atoms with E-state index in [1.807, 2.05) is 47.9 Å². The van der Waals surface area contributed by atoms with Gasteiger partial charge in [0.2, 0.25) is 5.91 Å². The number of rotatable bonds is 7. The molecule has 1 amide bonds. The quantitative estimate of drug-likeness (QED) is 0.543. The normalized spacial score (nSPS) is 13.9. The summed E-state index contributed by atoms with van der Waals surface area (Å²) in [7, 11) is 0. The molecule has 0 bridgehead atoms. The molecule has 2 aromatic carbocycles. The van der Waals surface area contributed by atoms with Crippen LogP contribution in [0, 0.1) is 12.8 Å². The van der Waals surface area contributed by atoms with E-state index in [-0.39, 0.29) is 11.8 Å².